The molecule has 0 saturated heterocycles. The third-order valence-corrected chi connectivity index (χ3v) is 5.12. The van der Waals surface area contributed by atoms with Crippen LogP contribution in [0.25, 0.3) is 23.0 Å². The molecule has 0 fully saturated rings. The molecular formula is C21H18FN5O4. The summed E-state index contributed by atoms with van der Waals surface area (Å²) in [6.07, 6.45) is -0.156. The number of nitrogens with zero attached hydrogens (tertiary/aromatic N) is 5. The molecule has 0 radical (unpaired) electrons. The molecule has 5 rings (SSSR count). The molecule has 3 heterocycles. The van der Waals surface area contributed by atoms with E-state index in [1.807, 2.05) is 24.3 Å². The highest BCUT2D eigenvalue weighted by Gasteiger charge is 2.27. The Balaban J connectivity index is 1.38. The highest BCUT2D eigenvalue weighted by atomic mass is 19.1. The van der Waals surface area contributed by atoms with Gasteiger partial charge in [0.15, 0.2) is 17.3 Å². The predicted molar refractivity (Wildman–Crippen MR) is 106 cm³/mol. The van der Waals surface area contributed by atoms with E-state index in [4.69, 9.17) is 18.7 Å². The van der Waals surface area contributed by atoms with Crippen LogP contribution < -0.4 is 9.47 Å². The fourth-order valence-corrected chi connectivity index (χ4v) is 3.44. The van der Waals surface area contributed by atoms with Gasteiger partial charge in [-0.15, -0.1) is 5.10 Å². The summed E-state index contributed by atoms with van der Waals surface area (Å²) in [5, 5.41) is 12.4. The van der Waals surface area contributed by atoms with Crippen molar-refractivity contribution >= 4 is 0 Å². The Hall–Kier alpha value is -3.79. The number of hydrogen-bond donors (Lipinski definition) is 0. The van der Waals surface area contributed by atoms with Gasteiger partial charge in [0, 0.05) is 5.56 Å². The fraction of sp³-hybridized carbons (Fsp3) is 0.238. The quantitative estimate of drug-likeness (QED) is 0.482. The van der Waals surface area contributed by atoms with Crippen LogP contribution in [-0.4, -0.2) is 39.4 Å². The third-order valence-electron chi connectivity index (χ3n) is 5.12. The number of halogens is 1. The minimum atomic E-state index is -0.515. The maximum atomic E-state index is 14.0. The Labute approximate surface area is 176 Å². The average Bonchev–Trinajstić information content (AvgIpc) is 3.46. The van der Waals surface area contributed by atoms with Gasteiger partial charge in [0.2, 0.25) is 5.82 Å². The van der Waals surface area contributed by atoms with Gasteiger partial charge in [-0.1, -0.05) is 22.5 Å². The number of methoxy groups -OCH3 is 2. The zero-order valence-electron chi connectivity index (χ0n) is 16.8. The molecule has 158 valence electrons. The molecule has 1 atom stereocenters. The summed E-state index contributed by atoms with van der Waals surface area (Å²) in [4.78, 5) is 4.35. The Kier molecular flexibility index (Phi) is 4.83. The molecule has 0 unspecified atom stereocenters. The van der Waals surface area contributed by atoms with Crippen molar-refractivity contribution in [2.24, 2.45) is 0 Å². The lowest BCUT2D eigenvalue weighted by Crippen LogP contribution is -2.22. The number of benzene rings is 2. The summed E-state index contributed by atoms with van der Waals surface area (Å²) in [5.74, 6) is 0.844. The van der Waals surface area contributed by atoms with Crippen LogP contribution >= 0.6 is 0 Å². The van der Waals surface area contributed by atoms with Crippen LogP contribution in [0.2, 0.25) is 0 Å². The van der Waals surface area contributed by atoms with Crippen molar-refractivity contribution in [1.29, 1.82) is 0 Å². The second kappa shape index (κ2) is 7.80. The Morgan fingerprint density at radius 1 is 1.10 bits per heavy atom. The van der Waals surface area contributed by atoms with Crippen molar-refractivity contribution in [2.45, 2.75) is 19.3 Å². The molecular weight excluding hydrogens is 405 g/mol. The third kappa shape index (κ3) is 3.50. The van der Waals surface area contributed by atoms with Crippen LogP contribution in [-0.2, 0) is 17.9 Å². The van der Waals surface area contributed by atoms with E-state index in [2.05, 4.69) is 20.5 Å². The zero-order chi connectivity index (χ0) is 21.4. The van der Waals surface area contributed by atoms with Gasteiger partial charge < -0.3 is 18.7 Å². The lowest BCUT2D eigenvalue weighted by molar-refractivity contribution is -0.00114. The molecule has 1 aliphatic heterocycles. The van der Waals surface area contributed by atoms with Crippen LogP contribution in [0, 0.1) is 5.82 Å². The molecule has 0 bridgehead atoms. The van der Waals surface area contributed by atoms with Crippen LogP contribution in [0.15, 0.2) is 47.0 Å². The highest BCUT2D eigenvalue weighted by molar-refractivity contribution is 5.59. The molecule has 2 aromatic carbocycles. The first-order chi connectivity index (χ1) is 15.2. The highest BCUT2D eigenvalue weighted by Crippen LogP contribution is 2.32. The normalized spacial score (nSPS) is 15.5. The number of aromatic nitrogens is 5. The van der Waals surface area contributed by atoms with Gasteiger partial charge in [0.05, 0.1) is 33.1 Å². The van der Waals surface area contributed by atoms with Crippen LogP contribution in [0.5, 0.6) is 11.5 Å². The summed E-state index contributed by atoms with van der Waals surface area (Å²) in [6, 6.07) is 12.1. The van der Waals surface area contributed by atoms with Gasteiger partial charge in [0.25, 0.3) is 5.89 Å². The average molecular weight is 423 g/mol. The maximum Gasteiger partial charge on any atom is 0.258 e. The standard InChI is InChI=1S/C21H18FN5O4/c1-28-14-6-3-12(4-7-14)18-10-27-16(11-30-18)19(24-26-27)20-23-21(31-25-20)13-5-8-17(29-2)15(22)9-13/h3-9,18H,10-11H2,1-2H3/t18-/m1/s1. The summed E-state index contributed by atoms with van der Waals surface area (Å²) in [7, 11) is 3.03. The van der Waals surface area contributed by atoms with Gasteiger partial charge in [-0.2, -0.15) is 4.98 Å². The fourth-order valence-electron chi connectivity index (χ4n) is 3.44. The van der Waals surface area contributed by atoms with E-state index in [0.717, 1.165) is 17.0 Å². The smallest absolute Gasteiger partial charge is 0.258 e. The summed E-state index contributed by atoms with van der Waals surface area (Å²) in [5.41, 5.74) is 2.68. The van der Waals surface area contributed by atoms with Crippen LogP contribution in [0.3, 0.4) is 0 Å². The van der Waals surface area contributed by atoms with Gasteiger partial charge in [-0.25, -0.2) is 9.07 Å². The topological polar surface area (TPSA) is 97.3 Å². The van der Waals surface area contributed by atoms with Crippen molar-refractivity contribution in [2.75, 3.05) is 14.2 Å². The van der Waals surface area contributed by atoms with Crippen molar-refractivity contribution in [3.63, 3.8) is 0 Å². The molecule has 31 heavy (non-hydrogen) atoms. The van der Waals surface area contributed by atoms with E-state index in [-0.39, 0.29) is 23.6 Å². The van der Waals surface area contributed by atoms with Crippen molar-refractivity contribution in [3.05, 3.63) is 59.5 Å². The van der Waals surface area contributed by atoms with Gasteiger partial charge in [-0.3, -0.25) is 0 Å². The molecule has 0 N–H and O–H groups in total. The summed E-state index contributed by atoms with van der Waals surface area (Å²) < 4.78 is 37.2. The minimum Gasteiger partial charge on any atom is -0.497 e. The molecule has 4 aromatic rings. The van der Waals surface area contributed by atoms with E-state index in [0.29, 0.717) is 24.4 Å². The molecule has 0 saturated carbocycles. The summed E-state index contributed by atoms with van der Waals surface area (Å²) >= 11 is 0. The monoisotopic (exact) mass is 423 g/mol. The SMILES string of the molecule is COc1ccc([C@H]2Cn3nnc(-c4noc(-c5ccc(OC)c(F)c5)n4)c3CO2)cc1. The molecule has 2 aromatic heterocycles. The van der Waals surface area contributed by atoms with E-state index in [9.17, 15) is 4.39 Å². The lowest BCUT2D eigenvalue weighted by Gasteiger charge is -2.24. The van der Waals surface area contributed by atoms with Crippen molar-refractivity contribution < 1.29 is 23.1 Å². The van der Waals surface area contributed by atoms with Crippen molar-refractivity contribution in [1.82, 2.24) is 25.1 Å². The Morgan fingerprint density at radius 3 is 2.68 bits per heavy atom. The number of fused-ring (bicyclic) bond motifs is 1. The Bertz CT molecular complexity index is 1220. The van der Waals surface area contributed by atoms with Crippen LogP contribution in [0.1, 0.15) is 17.4 Å². The van der Waals surface area contributed by atoms with Crippen molar-refractivity contribution in [3.8, 4) is 34.5 Å². The first-order valence-electron chi connectivity index (χ1n) is 9.52. The van der Waals surface area contributed by atoms with E-state index in [1.54, 1.807) is 17.9 Å². The molecule has 0 spiro atoms. The van der Waals surface area contributed by atoms with E-state index in [1.165, 1.54) is 19.2 Å². The molecule has 10 heteroatoms. The molecule has 0 aliphatic carbocycles. The second-order valence-corrected chi connectivity index (χ2v) is 6.91. The van der Waals surface area contributed by atoms with Gasteiger partial charge >= 0.3 is 0 Å². The minimum absolute atomic E-state index is 0.138. The molecule has 9 nitrogen and oxygen atoms in total. The van der Waals surface area contributed by atoms with Gasteiger partial charge in [0.1, 0.15) is 11.9 Å². The summed E-state index contributed by atoms with van der Waals surface area (Å²) in [6.45, 7) is 0.795. The number of ether oxygens (including phenoxy) is 3. The molecule has 0 amide bonds. The lowest BCUT2D eigenvalue weighted by atomic mass is 10.1. The maximum absolute atomic E-state index is 14.0. The van der Waals surface area contributed by atoms with E-state index >= 15 is 0 Å². The largest absolute Gasteiger partial charge is 0.497 e. The van der Waals surface area contributed by atoms with Gasteiger partial charge in [-0.05, 0) is 35.9 Å². The number of rotatable bonds is 5. The predicted octanol–water partition coefficient (Wildman–Crippen LogP) is 3.42. The number of hydrogen-bond acceptors (Lipinski definition) is 8. The first-order valence-corrected chi connectivity index (χ1v) is 9.52. The van der Waals surface area contributed by atoms with E-state index < -0.39 is 5.82 Å². The molecule has 1 aliphatic rings. The Morgan fingerprint density at radius 2 is 1.94 bits per heavy atom. The second-order valence-electron chi connectivity index (χ2n) is 6.91. The zero-order valence-corrected chi connectivity index (χ0v) is 16.8. The van der Waals surface area contributed by atoms with Crippen LogP contribution in [0.4, 0.5) is 4.39 Å². The first kappa shape index (κ1) is 19.2.